The molecule has 0 N–H and O–H groups in total. The second-order valence-corrected chi connectivity index (χ2v) is 2.87. The summed E-state index contributed by atoms with van der Waals surface area (Å²) in [6.07, 6.45) is 7.76. The van der Waals surface area contributed by atoms with E-state index in [4.69, 9.17) is 11.2 Å². The first-order chi connectivity index (χ1) is 5.24. The first kappa shape index (κ1) is 8.13. The zero-order valence-corrected chi connectivity index (χ0v) is 6.67. The lowest BCUT2D eigenvalue weighted by Crippen LogP contribution is -2.26. The first-order valence-electron chi connectivity index (χ1n) is 3.90. The molecule has 60 valence electrons. The molecule has 1 unspecified atom stereocenters. The van der Waals surface area contributed by atoms with Crippen molar-refractivity contribution in [2.24, 2.45) is 5.92 Å². The Morgan fingerprint density at radius 1 is 1.73 bits per heavy atom. The second kappa shape index (κ2) is 3.43. The van der Waals surface area contributed by atoms with E-state index in [1.54, 1.807) is 6.92 Å². The molecule has 0 spiro atoms. The van der Waals surface area contributed by atoms with E-state index in [0.29, 0.717) is 0 Å². The minimum atomic E-state index is -0.372. The minimum absolute atomic E-state index is 0.123. The molecule has 2 nitrogen and oxygen atoms in total. The van der Waals surface area contributed by atoms with E-state index in [1.165, 1.54) is 0 Å². The molecule has 1 rings (SSSR count). The zero-order valence-electron chi connectivity index (χ0n) is 6.67. The van der Waals surface area contributed by atoms with E-state index < -0.39 is 0 Å². The molecule has 0 aromatic heterocycles. The number of hydrogen-bond donors (Lipinski definition) is 0. The van der Waals surface area contributed by atoms with Gasteiger partial charge in [-0.25, -0.2) is 0 Å². The quantitative estimate of drug-likeness (QED) is 0.441. The molecule has 11 heavy (non-hydrogen) atoms. The van der Waals surface area contributed by atoms with E-state index in [2.05, 4.69) is 5.92 Å². The lowest BCUT2D eigenvalue weighted by Gasteiger charge is -2.23. The van der Waals surface area contributed by atoms with Crippen LogP contribution in [0.2, 0.25) is 0 Å². The molecule has 1 aliphatic rings. The number of esters is 1. The topological polar surface area (TPSA) is 26.3 Å². The predicted molar refractivity (Wildman–Crippen MR) is 41.7 cm³/mol. The van der Waals surface area contributed by atoms with Gasteiger partial charge in [-0.3, -0.25) is 4.79 Å². The first-order valence-corrected chi connectivity index (χ1v) is 3.90. The van der Waals surface area contributed by atoms with Gasteiger partial charge in [0.2, 0.25) is 0 Å². The molecule has 0 amide bonds. The smallest absolute Gasteiger partial charge is 0.310 e. The standard InChI is InChI=1S/C9H12O2/c1-3-7(2)11-9(10)8-5-4-6-8/h1,7-8H,4-6H2,2H3. The molecule has 0 heterocycles. The molecule has 1 fully saturated rings. The molecular weight excluding hydrogens is 140 g/mol. The monoisotopic (exact) mass is 152 g/mol. The van der Waals surface area contributed by atoms with Crippen LogP contribution in [-0.2, 0) is 9.53 Å². The molecule has 1 saturated carbocycles. The fourth-order valence-corrected chi connectivity index (χ4v) is 0.948. The summed E-state index contributed by atoms with van der Waals surface area (Å²) < 4.78 is 4.93. The van der Waals surface area contributed by atoms with Gasteiger partial charge in [-0.2, -0.15) is 0 Å². The van der Waals surface area contributed by atoms with Crippen LogP contribution in [0.1, 0.15) is 26.2 Å². The van der Waals surface area contributed by atoms with E-state index in [0.717, 1.165) is 19.3 Å². The summed E-state index contributed by atoms with van der Waals surface area (Å²) in [5.74, 6) is 2.36. The lowest BCUT2D eigenvalue weighted by molar-refractivity contribution is -0.153. The molecule has 0 radical (unpaired) electrons. The van der Waals surface area contributed by atoms with Gasteiger partial charge in [-0.1, -0.05) is 12.3 Å². The van der Waals surface area contributed by atoms with Crippen molar-refractivity contribution in [3.8, 4) is 12.3 Å². The van der Waals surface area contributed by atoms with Crippen LogP contribution < -0.4 is 0 Å². The Bertz CT molecular complexity index is 186. The van der Waals surface area contributed by atoms with Crippen molar-refractivity contribution in [2.75, 3.05) is 0 Å². The zero-order chi connectivity index (χ0) is 8.27. The number of hydrogen-bond acceptors (Lipinski definition) is 2. The van der Waals surface area contributed by atoms with Crippen molar-refractivity contribution in [3.63, 3.8) is 0 Å². The maximum Gasteiger partial charge on any atom is 0.310 e. The van der Waals surface area contributed by atoms with Crippen molar-refractivity contribution in [3.05, 3.63) is 0 Å². The Morgan fingerprint density at radius 2 is 2.36 bits per heavy atom. The fourth-order valence-electron chi connectivity index (χ4n) is 0.948. The van der Waals surface area contributed by atoms with E-state index in [-0.39, 0.29) is 18.0 Å². The van der Waals surface area contributed by atoms with Gasteiger partial charge in [-0.05, 0) is 19.8 Å². The number of carbonyl (C=O) groups excluding carboxylic acids is 1. The third kappa shape index (κ3) is 1.98. The maximum atomic E-state index is 11.1. The Morgan fingerprint density at radius 3 is 2.73 bits per heavy atom. The second-order valence-electron chi connectivity index (χ2n) is 2.87. The van der Waals surface area contributed by atoms with Crippen molar-refractivity contribution in [2.45, 2.75) is 32.3 Å². The molecular formula is C9H12O2. The summed E-state index contributed by atoms with van der Waals surface area (Å²) in [5.41, 5.74) is 0. The van der Waals surface area contributed by atoms with Gasteiger partial charge in [0.1, 0.15) is 0 Å². The van der Waals surface area contributed by atoms with Gasteiger partial charge in [0.05, 0.1) is 5.92 Å². The summed E-state index contributed by atoms with van der Waals surface area (Å²) in [6.45, 7) is 1.70. The van der Waals surface area contributed by atoms with Crippen LogP contribution in [0.15, 0.2) is 0 Å². The van der Waals surface area contributed by atoms with Crippen LogP contribution >= 0.6 is 0 Å². The van der Waals surface area contributed by atoms with Gasteiger partial charge < -0.3 is 4.74 Å². The number of ether oxygens (including phenoxy) is 1. The Labute approximate surface area is 66.9 Å². The summed E-state index contributed by atoms with van der Waals surface area (Å²) >= 11 is 0. The van der Waals surface area contributed by atoms with Gasteiger partial charge in [0.25, 0.3) is 0 Å². The summed E-state index contributed by atoms with van der Waals surface area (Å²) in [5, 5.41) is 0. The van der Waals surface area contributed by atoms with Gasteiger partial charge in [0.15, 0.2) is 6.10 Å². The third-order valence-electron chi connectivity index (χ3n) is 1.97. The highest BCUT2D eigenvalue weighted by Crippen LogP contribution is 2.27. The summed E-state index contributed by atoms with van der Waals surface area (Å²) in [4.78, 5) is 11.1. The Kier molecular flexibility index (Phi) is 2.53. The molecule has 2 heteroatoms. The SMILES string of the molecule is C#CC(C)OC(=O)C1CCC1. The number of carbonyl (C=O) groups is 1. The molecule has 0 aromatic carbocycles. The van der Waals surface area contributed by atoms with Crippen LogP contribution in [0.5, 0.6) is 0 Å². The normalized spacial score (nSPS) is 19.6. The van der Waals surface area contributed by atoms with Crippen molar-refractivity contribution < 1.29 is 9.53 Å². The Hall–Kier alpha value is -0.970. The molecule has 0 bridgehead atoms. The van der Waals surface area contributed by atoms with Crippen molar-refractivity contribution >= 4 is 5.97 Å². The highest BCUT2D eigenvalue weighted by atomic mass is 16.5. The van der Waals surface area contributed by atoms with Crippen LogP contribution in [0.4, 0.5) is 0 Å². The Balaban J connectivity index is 2.26. The molecule has 0 aliphatic heterocycles. The molecule has 0 saturated heterocycles. The van der Waals surface area contributed by atoms with Gasteiger partial charge in [0, 0.05) is 0 Å². The van der Waals surface area contributed by atoms with Gasteiger partial charge in [-0.15, -0.1) is 6.42 Å². The van der Waals surface area contributed by atoms with Crippen molar-refractivity contribution in [1.29, 1.82) is 0 Å². The van der Waals surface area contributed by atoms with Crippen LogP contribution in [0, 0.1) is 18.3 Å². The van der Waals surface area contributed by atoms with Gasteiger partial charge >= 0.3 is 5.97 Å². The summed E-state index contributed by atoms with van der Waals surface area (Å²) in [6, 6.07) is 0. The average molecular weight is 152 g/mol. The predicted octanol–water partition coefficient (Wildman–Crippen LogP) is 1.35. The highest BCUT2D eigenvalue weighted by Gasteiger charge is 2.27. The van der Waals surface area contributed by atoms with E-state index >= 15 is 0 Å². The van der Waals surface area contributed by atoms with Crippen molar-refractivity contribution in [1.82, 2.24) is 0 Å². The highest BCUT2D eigenvalue weighted by molar-refractivity contribution is 5.73. The molecule has 1 aliphatic carbocycles. The largest absolute Gasteiger partial charge is 0.449 e. The van der Waals surface area contributed by atoms with Crippen LogP contribution in [-0.4, -0.2) is 12.1 Å². The fraction of sp³-hybridized carbons (Fsp3) is 0.667. The van der Waals surface area contributed by atoms with E-state index in [9.17, 15) is 4.79 Å². The third-order valence-corrected chi connectivity index (χ3v) is 1.97. The van der Waals surface area contributed by atoms with Crippen LogP contribution in [0.25, 0.3) is 0 Å². The average Bonchev–Trinajstić information content (AvgIpc) is 1.83. The number of terminal acetylenes is 1. The summed E-state index contributed by atoms with van der Waals surface area (Å²) in [7, 11) is 0. The lowest BCUT2D eigenvalue weighted by atomic mass is 9.86. The number of rotatable bonds is 2. The van der Waals surface area contributed by atoms with Crippen LogP contribution in [0.3, 0.4) is 0 Å². The molecule has 1 atom stereocenters. The van der Waals surface area contributed by atoms with E-state index in [1.807, 2.05) is 0 Å². The maximum absolute atomic E-state index is 11.1. The minimum Gasteiger partial charge on any atom is -0.449 e. The molecule has 0 aromatic rings.